The molecule has 0 radical (unpaired) electrons. The molecule has 3 rings (SSSR count). The van der Waals surface area contributed by atoms with E-state index in [9.17, 15) is 0 Å². The smallest absolute Gasteiger partial charge is 0.0175 e. The van der Waals surface area contributed by atoms with Gasteiger partial charge < -0.3 is 0 Å². The number of halogens is 1. The summed E-state index contributed by atoms with van der Waals surface area (Å²) in [5.41, 5.74) is 4.57. The maximum atomic E-state index is 3.54. The molecule has 0 aromatic rings. The molecular formula is C14H13Br. The van der Waals surface area contributed by atoms with Crippen LogP contribution >= 0.6 is 15.9 Å². The highest BCUT2D eigenvalue weighted by molar-refractivity contribution is 9.11. The summed E-state index contributed by atoms with van der Waals surface area (Å²) in [5.74, 6) is 0.604. The van der Waals surface area contributed by atoms with Gasteiger partial charge in [-0.15, -0.1) is 0 Å². The van der Waals surface area contributed by atoms with E-state index in [1.54, 1.807) is 11.1 Å². The molecule has 0 amide bonds. The number of hydrogen-bond acceptors (Lipinski definition) is 0. The number of fused-ring (bicyclic) bond motifs is 1. The highest BCUT2D eigenvalue weighted by atomic mass is 79.9. The molecule has 0 N–H and O–H groups in total. The summed E-state index contributed by atoms with van der Waals surface area (Å²) in [7, 11) is 0. The van der Waals surface area contributed by atoms with E-state index in [1.807, 2.05) is 0 Å². The van der Waals surface area contributed by atoms with E-state index in [-0.39, 0.29) is 0 Å². The fourth-order valence-electron chi connectivity index (χ4n) is 2.50. The summed E-state index contributed by atoms with van der Waals surface area (Å²) in [5, 5.41) is 0. The average Bonchev–Trinajstić information content (AvgIpc) is 2.26. The van der Waals surface area contributed by atoms with Gasteiger partial charge in [-0.05, 0) is 42.1 Å². The van der Waals surface area contributed by atoms with Crippen LogP contribution in [0.4, 0.5) is 0 Å². The van der Waals surface area contributed by atoms with Crippen molar-refractivity contribution in [1.82, 2.24) is 0 Å². The first-order valence-electron chi connectivity index (χ1n) is 5.48. The minimum Gasteiger partial charge on any atom is -0.0839 e. The first-order chi connectivity index (χ1) is 7.33. The van der Waals surface area contributed by atoms with Crippen molar-refractivity contribution in [3.63, 3.8) is 0 Å². The lowest BCUT2D eigenvalue weighted by molar-refractivity contribution is 0.731. The molecule has 0 aliphatic heterocycles. The van der Waals surface area contributed by atoms with Gasteiger partial charge in [-0.1, -0.05) is 46.3 Å². The summed E-state index contributed by atoms with van der Waals surface area (Å²) in [4.78, 5) is 0. The molecule has 0 saturated heterocycles. The SMILES string of the molecule is BrC1=CC2=CC3=C(C=CCC3)CC2C=C1. The van der Waals surface area contributed by atoms with Gasteiger partial charge in [-0.3, -0.25) is 0 Å². The van der Waals surface area contributed by atoms with Gasteiger partial charge >= 0.3 is 0 Å². The monoisotopic (exact) mass is 260 g/mol. The van der Waals surface area contributed by atoms with Crippen LogP contribution in [0.1, 0.15) is 19.3 Å². The van der Waals surface area contributed by atoms with Gasteiger partial charge in [-0.25, -0.2) is 0 Å². The number of allylic oxidation sites excluding steroid dienone is 10. The Bertz CT molecular complexity index is 444. The molecule has 0 nitrogen and oxygen atoms in total. The highest BCUT2D eigenvalue weighted by Crippen LogP contribution is 2.38. The minimum atomic E-state index is 0.604. The van der Waals surface area contributed by atoms with Crippen LogP contribution in [0.15, 0.2) is 57.7 Å². The van der Waals surface area contributed by atoms with Crippen molar-refractivity contribution >= 4 is 15.9 Å². The first kappa shape index (κ1) is 9.41. The Morgan fingerprint density at radius 3 is 3.00 bits per heavy atom. The maximum Gasteiger partial charge on any atom is 0.0175 e. The van der Waals surface area contributed by atoms with Crippen LogP contribution in [-0.2, 0) is 0 Å². The van der Waals surface area contributed by atoms with Crippen LogP contribution < -0.4 is 0 Å². The average molecular weight is 261 g/mol. The Morgan fingerprint density at radius 1 is 1.13 bits per heavy atom. The quantitative estimate of drug-likeness (QED) is 0.605. The molecule has 76 valence electrons. The van der Waals surface area contributed by atoms with E-state index >= 15 is 0 Å². The molecule has 1 atom stereocenters. The second kappa shape index (κ2) is 3.64. The maximum absolute atomic E-state index is 3.54. The van der Waals surface area contributed by atoms with Crippen LogP contribution in [0.25, 0.3) is 0 Å². The normalized spacial score (nSPS) is 28.2. The van der Waals surface area contributed by atoms with Gasteiger partial charge in [0.2, 0.25) is 0 Å². The molecule has 15 heavy (non-hydrogen) atoms. The van der Waals surface area contributed by atoms with Crippen molar-refractivity contribution in [2.75, 3.05) is 0 Å². The zero-order valence-corrected chi connectivity index (χ0v) is 10.1. The predicted octanol–water partition coefficient (Wildman–Crippen LogP) is 4.43. The van der Waals surface area contributed by atoms with Crippen LogP contribution in [0, 0.1) is 5.92 Å². The molecule has 0 bridgehead atoms. The third-order valence-corrected chi connectivity index (χ3v) is 3.81. The molecule has 0 saturated carbocycles. The fourth-order valence-corrected chi connectivity index (χ4v) is 2.92. The van der Waals surface area contributed by atoms with Crippen molar-refractivity contribution in [3.8, 4) is 0 Å². The lowest BCUT2D eigenvalue weighted by atomic mass is 9.79. The van der Waals surface area contributed by atoms with Crippen molar-refractivity contribution in [3.05, 3.63) is 57.7 Å². The molecule has 3 aliphatic rings. The van der Waals surface area contributed by atoms with E-state index in [4.69, 9.17) is 0 Å². The Hall–Kier alpha value is -0.820. The van der Waals surface area contributed by atoms with Crippen LogP contribution in [0.2, 0.25) is 0 Å². The summed E-state index contributed by atoms with van der Waals surface area (Å²) in [6.45, 7) is 0. The Labute approximate surface area is 98.9 Å². The standard InChI is InChI=1S/C14H13Br/c15-14-6-5-12-7-10-3-1-2-4-11(10)8-13(12)9-14/h1,3,5-6,8-9,12H,2,4,7H2. The van der Waals surface area contributed by atoms with Gasteiger partial charge in [0, 0.05) is 10.4 Å². The zero-order chi connectivity index (χ0) is 10.3. The number of rotatable bonds is 0. The van der Waals surface area contributed by atoms with Crippen LogP contribution in [-0.4, -0.2) is 0 Å². The summed E-state index contributed by atoms with van der Waals surface area (Å²) in [6, 6.07) is 0. The van der Waals surface area contributed by atoms with E-state index in [2.05, 4.69) is 52.4 Å². The summed E-state index contributed by atoms with van der Waals surface area (Å²) < 4.78 is 1.19. The Morgan fingerprint density at radius 2 is 2.07 bits per heavy atom. The van der Waals surface area contributed by atoms with Crippen molar-refractivity contribution in [2.24, 2.45) is 5.92 Å². The molecular weight excluding hydrogens is 248 g/mol. The first-order valence-corrected chi connectivity index (χ1v) is 6.28. The van der Waals surface area contributed by atoms with Gasteiger partial charge in [-0.2, -0.15) is 0 Å². The largest absolute Gasteiger partial charge is 0.0839 e. The molecule has 1 unspecified atom stereocenters. The highest BCUT2D eigenvalue weighted by Gasteiger charge is 2.21. The fraction of sp³-hybridized carbons (Fsp3) is 0.286. The van der Waals surface area contributed by atoms with E-state index in [0.29, 0.717) is 5.92 Å². The van der Waals surface area contributed by atoms with Gasteiger partial charge in [0.25, 0.3) is 0 Å². The third kappa shape index (κ3) is 1.69. The topological polar surface area (TPSA) is 0 Å². The molecule has 0 aromatic heterocycles. The molecule has 0 heterocycles. The third-order valence-electron chi connectivity index (χ3n) is 3.31. The van der Waals surface area contributed by atoms with Gasteiger partial charge in [0.1, 0.15) is 0 Å². The van der Waals surface area contributed by atoms with Crippen LogP contribution in [0.5, 0.6) is 0 Å². The molecule has 0 aromatic carbocycles. The molecule has 0 spiro atoms. The van der Waals surface area contributed by atoms with Crippen molar-refractivity contribution < 1.29 is 0 Å². The zero-order valence-electron chi connectivity index (χ0n) is 8.54. The van der Waals surface area contributed by atoms with Crippen molar-refractivity contribution in [1.29, 1.82) is 0 Å². The second-order valence-electron chi connectivity index (χ2n) is 4.33. The Balaban J connectivity index is 2.02. The van der Waals surface area contributed by atoms with E-state index < -0.39 is 0 Å². The molecule has 1 heteroatoms. The summed E-state index contributed by atoms with van der Waals surface area (Å²) >= 11 is 3.54. The predicted molar refractivity (Wildman–Crippen MR) is 67.7 cm³/mol. The van der Waals surface area contributed by atoms with E-state index in [1.165, 1.54) is 29.3 Å². The number of hydrogen-bond donors (Lipinski definition) is 0. The summed E-state index contributed by atoms with van der Waals surface area (Å²) in [6.07, 6.45) is 17.3. The Kier molecular flexibility index (Phi) is 2.28. The molecule has 3 aliphatic carbocycles. The lowest BCUT2D eigenvalue weighted by Crippen LogP contribution is -2.11. The van der Waals surface area contributed by atoms with Crippen molar-refractivity contribution in [2.45, 2.75) is 19.3 Å². The van der Waals surface area contributed by atoms with Crippen LogP contribution in [0.3, 0.4) is 0 Å². The van der Waals surface area contributed by atoms with Gasteiger partial charge in [0.15, 0.2) is 0 Å². The lowest BCUT2D eigenvalue weighted by Gasteiger charge is -2.27. The minimum absolute atomic E-state index is 0.604. The van der Waals surface area contributed by atoms with E-state index in [0.717, 1.165) is 0 Å². The molecule has 0 fully saturated rings. The second-order valence-corrected chi connectivity index (χ2v) is 5.25. The van der Waals surface area contributed by atoms with Gasteiger partial charge in [0.05, 0.1) is 0 Å².